The monoisotopic (exact) mass is 528 g/mol. The van der Waals surface area contributed by atoms with Gasteiger partial charge in [-0.2, -0.15) is 0 Å². The van der Waals surface area contributed by atoms with Gasteiger partial charge in [-0.15, -0.1) is 0 Å². The van der Waals surface area contributed by atoms with Crippen molar-refractivity contribution in [3.8, 4) is 0 Å². The van der Waals surface area contributed by atoms with Crippen molar-refractivity contribution in [3.63, 3.8) is 0 Å². The number of nitrogens with zero attached hydrogens (tertiary/aromatic N) is 4. The molecule has 3 fully saturated rings. The largest absolute Gasteiger partial charge is 0.353 e. The molecule has 37 heavy (non-hydrogen) atoms. The van der Waals surface area contributed by atoms with Crippen LogP contribution in [0.1, 0.15) is 33.6 Å². The molecular formula is C27H30ClFN4O4. The van der Waals surface area contributed by atoms with Crippen LogP contribution in [0.4, 0.5) is 4.39 Å². The van der Waals surface area contributed by atoms with Crippen molar-refractivity contribution in [3.05, 3.63) is 70.5 Å². The van der Waals surface area contributed by atoms with Gasteiger partial charge in [-0.1, -0.05) is 17.7 Å². The minimum Gasteiger partial charge on any atom is -0.353 e. The third-order valence-corrected chi connectivity index (χ3v) is 7.81. The van der Waals surface area contributed by atoms with E-state index in [4.69, 9.17) is 16.3 Å². The molecular weight excluding hydrogens is 499 g/mol. The number of carbonyl (C=O) groups excluding carboxylic acids is 3. The number of hydrogen-bond donors (Lipinski definition) is 0. The quantitative estimate of drug-likeness (QED) is 0.612. The molecule has 0 radical (unpaired) electrons. The lowest BCUT2D eigenvalue weighted by Crippen LogP contribution is -2.61. The summed E-state index contributed by atoms with van der Waals surface area (Å²) in [5, 5.41) is 0.486. The third kappa shape index (κ3) is 5.08. The molecule has 1 atom stereocenters. The van der Waals surface area contributed by atoms with Gasteiger partial charge >= 0.3 is 0 Å². The van der Waals surface area contributed by atoms with Gasteiger partial charge < -0.3 is 19.4 Å². The Bertz CT molecular complexity index is 1180. The number of ether oxygens (including phenoxy) is 1. The normalized spacial score (nSPS) is 21.9. The minimum absolute atomic E-state index is 0.0837. The zero-order valence-electron chi connectivity index (χ0n) is 20.7. The number of hydrogen-bond acceptors (Lipinski definition) is 5. The first-order valence-electron chi connectivity index (χ1n) is 12.5. The molecule has 196 valence electrons. The molecule has 3 aliphatic rings. The summed E-state index contributed by atoms with van der Waals surface area (Å²) in [7, 11) is 2.01. The second-order valence-electron chi connectivity index (χ2n) is 9.89. The van der Waals surface area contributed by atoms with E-state index in [1.165, 1.54) is 24.3 Å². The predicted molar refractivity (Wildman–Crippen MR) is 136 cm³/mol. The summed E-state index contributed by atoms with van der Waals surface area (Å²) >= 11 is 6.07. The highest BCUT2D eigenvalue weighted by atomic mass is 35.5. The molecule has 1 spiro atoms. The molecule has 0 saturated carbocycles. The van der Waals surface area contributed by atoms with Crippen LogP contribution in [-0.4, -0.2) is 102 Å². The van der Waals surface area contributed by atoms with Gasteiger partial charge in [0.2, 0.25) is 5.91 Å². The Hall–Kier alpha value is -3.01. The number of rotatable bonds is 3. The van der Waals surface area contributed by atoms with E-state index in [1.54, 1.807) is 39.0 Å². The standard InChI is InChI=1S/C27H30ClFN4O4/c1-30-13-15-32(16-14-30)26(36)23-18-37-27(33(23)25(35)19-5-7-22(29)8-6-19)9-11-31(12-10-27)24(34)20-3-2-4-21(28)17-20/h2-8,17,23H,9-16,18H2,1H3/t23-/m1/s1. The van der Waals surface area contributed by atoms with E-state index in [0.29, 0.717) is 55.2 Å². The van der Waals surface area contributed by atoms with Crippen LogP contribution in [-0.2, 0) is 9.53 Å². The first-order valence-corrected chi connectivity index (χ1v) is 12.9. The first kappa shape index (κ1) is 25.6. The van der Waals surface area contributed by atoms with Crippen LogP contribution in [0.5, 0.6) is 0 Å². The maximum Gasteiger partial charge on any atom is 0.256 e. The molecule has 3 heterocycles. The fourth-order valence-electron chi connectivity index (χ4n) is 5.39. The van der Waals surface area contributed by atoms with Crippen molar-refractivity contribution in [1.82, 2.24) is 19.6 Å². The molecule has 0 aromatic heterocycles. The number of likely N-dealkylation sites (N-methyl/N-ethyl adjacent to an activating group) is 1. The van der Waals surface area contributed by atoms with Crippen LogP contribution < -0.4 is 0 Å². The van der Waals surface area contributed by atoms with E-state index in [0.717, 1.165) is 13.1 Å². The Morgan fingerprint density at radius 2 is 1.57 bits per heavy atom. The number of benzene rings is 2. The highest BCUT2D eigenvalue weighted by molar-refractivity contribution is 6.30. The molecule has 0 aliphatic carbocycles. The summed E-state index contributed by atoms with van der Waals surface area (Å²) in [5.41, 5.74) is -0.234. The van der Waals surface area contributed by atoms with Crippen LogP contribution >= 0.6 is 11.6 Å². The summed E-state index contributed by atoms with van der Waals surface area (Å²) in [6.45, 7) is 3.48. The average Bonchev–Trinajstić information content (AvgIpc) is 3.27. The van der Waals surface area contributed by atoms with E-state index in [9.17, 15) is 18.8 Å². The van der Waals surface area contributed by atoms with Crippen molar-refractivity contribution in [2.45, 2.75) is 24.6 Å². The van der Waals surface area contributed by atoms with Crippen molar-refractivity contribution in [2.24, 2.45) is 0 Å². The second-order valence-corrected chi connectivity index (χ2v) is 10.3. The van der Waals surface area contributed by atoms with Crippen molar-refractivity contribution in [1.29, 1.82) is 0 Å². The zero-order valence-corrected chi connectivity index (χ0v) is 21.5. The maximum absolute atomic E-state index is 13.8. The van der Waals surface area contributed by atoms with Crippen LogP contribution in [0.3, 0.4) is 0 Å². The molecule has 0 N–H and O–H groups in total. The van der Waals surface area contributed by atoms with E-state index in [-0.39, 0.29) is 24.3 Å². The topological polar surface area (TPSA) is 73.4 Å². The number of halogens is 2. The minimum atomic E-state index is -1.02. The lowest BCUT2D eigenvalue weighted by atomic mass is 9.96. The van der Waals surface area contributed by atoms with Gasteiger partial charge in [0.05, 0.1) is 6.61 Å². The Balaban J connectivity index is 1.39. The van der Waals surface area contributed by atoms with Crippen molar-refractivity contribution >= 4 is 29.3 Å². The SMILES string of the molecule is CN1CCN(C(=O)[C@H]2COC3(CCN(C(=O)c4cccc(Cl)c4)CC3)N2C(=O)c2ccc(F)cc2)CC1. The van der Waals surface area contributed by atoms with Crippen molar-refractivity contribution < 1.29 is 23.5 Å². The molecule has 2 aromatic rings. The van der Waals surface area contributed by atoms with E-state index in [1.807, 2.05) is 7.05 Å². The van der Waals surface area contributed by atoms with E-state index in [2.05, 4.69) is 4.90 Å². The predicted octanol–water partition coefficient (Wildman–Crippen LogP) is 2.73. The Kier molecular flexibility index (Phi) is 7.20. The van der Waals surface area contributed by atoms with E-state index >= 15 is 0 Å². The summed E-state index contributed by atoms with van der Waals surface area (Å²) < 4.78 is 19.9. The molecule has 0 unspecified atom stereocenters. The Morgan fingerprint density at radius 1 is 0.892 bits per heavy atom. The van der Waals surface area contributed by atoms with Crippen LogP contribution in [0.15, 0.2) is 48.5 Å². The Labute approximate surface area is 220 Å². The van der Waals surface area contributed by atoms with Crippen molar-refractivity contribution in [2.75, 3.05) is 52.9 Å². The van der Waals surface area contributed by atoms with Crippen LogP contribution in [0.25, 0.3) is 0 Å². The molecule has 10 heteroatoms. The maximum atomic E-state index is 13.8. The van der Waals surface area contributed by atoms with Gasteiger partial charge in [0.25, 0.3) is 11.8 Å². The van der Waals surface area contributed by atoms with Gasteiger partial charge in [-0.3, -0.25) is 19.3 Å². The number of piperazine rings is 1. The molecule has 5 rings (SSSR count). The number of carbonyl (C=O) groups is 3. The summed E-state index contributed by atoms with van der Waals surface area (Å²) in [6.07, 6.45) is 0.720. The average molecular weight is 529 g/mol. The number of likely N-dealkylation sites (tertiary alicyclic amines) is 1. The molecule has 8 nitrogen and oxygen atoms in total. The third-order valence-electron chi connectivity index (χ3n) is 7.57. The molecule has 3 saturated heterocycles. The zero-order chi connectivity index (χ0) is 26.2. The summed E-state index contributed by atoms with van der Waals surface area (Å²) in [4.78, 5) is 47.7. The molecule has 0 bridgehead atoms. The molecule has 3 amide bonds. The van der Waals surface area contributed by atoms with Gasteiger partial charge in [-0.25, -0.2) is 4.39 Å². The smallest absolute Gasteiger partial charge is 0.256 e. The molecule has 2 aromatic carbocycles. The van der Waals surface area contributed by atoms with Gasteiger partial charge in [-0.05, 0) is 49.5 Å². The highest BCUT2D eigenvalue weighted by Crippen LogP contribution is 2.39. The van der Waals surface area contributed by atoms with Crippen LogP contribution in [0.2, 0.25) is 5.02 Å². The molecule has 3 aliphatic heterocycles. The lowest BCUT2D eigenvalue weighted by molar-refractivity contribution is -0.139. The first-order chi connectivity index (χ1) is 17.8. The van der Waals surface area contributed by atoms with Crippen LogP contribution in [0, 0.1) is 5.82 Å². The highest BCUT2D eigenvalue weighted by Gasteiger charge is 2.55. The van der Waals surface area contributed by atoms with Gasteiger partial charge in [0.15, 0.2) is 0 Å². The van der Waals surface area contributed by atoms with Gasteiger partial charge in [0, 0.05) is 68.3 Å². The summed E-state index contributed by atoms with van der Waals surface area (Å²) in [5.74, 6) is -1.10. The second kappa shape index (κ2) is 10.4. The van der Waals surface area contributed by atoms with E-state index < -0.39 is 17.6 Å². The lowest BCUT2D eigenvalue weighted by Gasteiger charge is -2.45. The van der Waals surface area contributed by atoms with Gasteiger partial charge in [0.1, 0.15) is 17.6 Å². The number of piperidine rings is 1. The summed E-state index contributed by atoms with van der Waals surface area (Å²) in [6, 6.07) is 11.4. The Morgan fingerprint density at radius 3 is 2.22 bits per heavy atom. The fraction of sp³-hybridized carbons (Fsp3) is 0.444. The fourth-order valence-corrected chi connectivity index (χ4v) is 5.58. The number of amides is 3.